The van der Waals surface area contributed by atoms with Crippen molar-refractivity contribution in [3.8, 4) is 0 Å². The number of nitrogens with zero attached hydrogens (tertiary/aromatic N) is 3. The molecule has 0 bridgehead atoms. The lowest BCUT2D eigenvalue weighted by atomic mass is 9.96. The molecular formula is C26H23N3O2. The van der Waals surface area contributed by atoms with E-state index in [4.69, 9.17) is 4.98 Å². The van der Waals surface area contributed by atoms with E-state index >= 15 is 0 Å². The van der Waals surface area contributed by atoms with Crippen LogP contribution in [0.5, 0.6) is 0 Å². The smallest absolute Gasteiger partial charge is 0.261 e. The molecule has 1 aliphatic heterocycles. The third kappa shape index (κ3) is 3.42. The normalized spacial score (nSPS) is 15.5. The molecule has 0 aliphatic carbocycles. The minimum Gasteiger partial charge on any atom is -0.315 e. The Hall–Kier alpha value is -3.73. The zero-order valence-corrected chi connectivity index (χ0v) is 17.4. The number of carbonyl (C=O) groups excluding carboxylic acids is 1. The summed E-state index contributed by atoms with van der Waals surface area (Å²) >= 11 is 0. The van der Waals surface area contributed by atoms with Gasteiger partial charge >= 0.3 is 0 Å². The van der Waals surface area contributed by atoms with Crippen molar-refractivity contribution in [1.82, 2.24) is 9.55 Å². The molecule has 5 rings (SSSR count). The van der Waals surface area contributed by atoms with Crippen LogP contribution >= 0.6 is 0 Å². The van der Waals surface area contributed by atoms with Crippen LogP contribution in [0, 0.1) is 0 Å². The van der Waals surface area contributed by atoms with E-state index in [1.807, 2.05) is 66.7 Å². The monoisotopic (exact) mass is 409 g/mol. The van der Waals surface area contributed by atoms with Crippen LogP contribution in [0.3, 0.4) is 0 Å². The van der Waals surface area contributed by atoms with Crippen LogP contribution < -0.4 is 10.5 Å². The van der Waals surface area contributed by atoms with E-state index in [1.165, 1.54) is 0 Å². The van der Waals surface area contributed by atoms with Crippen LogP contribution in [0.1, 0.15) is 22.9 Å². The van der Waals surface area contributed by atoms with Gasteiger partial charge < -0.3 is 4.90 Å². The maximum Gasteiger partial charge on any atom is 0.261 e. The van der Waals surface area contributed by atoms with E-state index in [9.17, 15) is 9.59 Å². The van der Waals surface area contributed by atoms with Crippen molar-refractivity contribution in [2.45, 2.75) is 25.3 Å². The molecular weight excluding hydrogens is 386 g/mol. The third-order valence-corrected chi connectivity index (χ3v) is 6.10. The van der Waals surface area contributed by atoms with Crippen molar-refractivity contribution in [1.29, 1.82) is 0 Å². The molecule has 0 fully saturated rings. The van der Waals surface area contributed by atoms with Gasteiger partial charge in [-0.1, -0.05) is 60.7 Å². The summed E-state index contributed by atoms with van der Waals surface area (Å²) in [4.78, 5) is 32.9. The highest BCUT2D eigenvalue weighted by atomic mass is 16.2. The van der Waals surface area contributed by atoms with E-state index < -0.39 is 0 Å². The lowest BCUT2D eigenvalue weighted by Crippen LogP contribution is -2.30. The number of hydrogen-bond acceptors (Lipinski definition) is 3. The Morgan fingerprint density at radius 2 is 1.58 bits per heavy atom. The first-order chi connectivity index (χ1) is 15.1. The number of benzene rings is 3. The Labute approximate surface area is 180 Å². The summed E-state index contributed by atoms with van der Waals surface area (Å²) in [6.07, 6.45) is 1.12. The number of carbonyl (C=O) groups is 1. The first kappa shape index (κ1) is 19.2. The molecule has 0 N–H and O–H groups in total. The van der Waals surface area contributed by atoms with E-state index in [1.54, 1.807) is 16.5 Å². The van der Waals surface area contributed by atoms with E-state index in [2.05, 4.69) is 12.1 Å². The number of amides is 1. The summed E-state index contributed by atoms with van der Waals surface area (Å²) in [5.74, 6) is 0.360. The van der Waals surface area contributed by atoms with Crippen molar-refractivity contribution in [3.63, 3.8) is 0 Å². The number of rotatable bonds is 5. The molecule has 3 aromatic carbocycles. The molecule has 5 nitrogen and oxygen atoms in total. The van der Waals surface area contributed by atoms with Crippen LogP contribution in [-0.2, 0) is 24.2 Å². The molecule has 1 atom stereocenters. The van der Waals surface area contributed by atoms with Gasteiger partial charge in [0.15, 0.2) is 0 Å². The van der Waals surface area contributed by atoms with Crippen molar-refractivity contribution in [3.05, 3.63) is 106 Å². The van der Waals surface area contributed by atoms with Gasteiger partial charge in [-0.3, -0.25) is 14.2 Å². The van der Waals surface area contributed by atoms with Crippen LogP contribution in [0.4, 0.5) is 5.69 Å². The number of likely N-dealkylation sites (N-methyl/N-ethyl adjacent to an activating group) is 1. The van der Waals surface area contributed by atoms with Gasteiger partial charge in [-0.05, 0) is 35.7 Å². The summed E-state index contributed by atoms with van der Waals surface area (Å²) in [5.41, 5.74) is 3.70. The Balaban J connectivity index is 1.57. The zero-order valence-electron chi connectivity index (χ0n) is 17.4. The van der Waals surface area contributed by atoms with Gasteiger partial charge in [-0.15, -0.1) is 0 Å². The van der Waals surface area contributed by atoms with Crippen molar-refractivity contribution >= 4 is 22.5 Å². The second kappa shape index (κ2) is 7.84. The van der Waals surface area contributed by atoms with Crippen LogP contribution in [-0.4, -0.2) is 22.5 Å². The van der Waals surface area contributed by atoms with Crippen LogP contribution in [0.15, 0.2) is 83.7 Å². The molecule has 5 heteroatoms. The first-order valence-electron chi connectivity index (χ1n) is 10.5. The molecule has 0 spiro atoms. The largest absolute Gasteiger partial charge is 0.315 e. The molecule has 154 valence electrons. The minimum absolute atomic E-state index is 0.0400. The van der Waals surface area contributed by atoms with E-state index in [0.29, 0.717) is 29.7 Å². The van der Waals surface area contributed by atoms with Gasteiger partial charge in [0.2, 0.25) is 5.91 Å². The number of aryl methyl sites for hydroxylation is 1. The second-order valence-corrected chi connectivity index (χ2v) is 7.95. The molecule has 31 heavy (non-hydrogen) atoms. The standard InChI is InChI=1S/C26H23N3O2/c1-28-23-14-8-6-11-19(23)21(25(28)30)17-24-27-22-13-7-5-12-20(22)26(31)29(24)16-15-18-9-3-2-4-10-18/h2-14,21H,15-17H2,1H3. The van der Waals surface area contributed by atoms with Gasteiger partial charge in [-0.2, -0.15) is 0 Å². The predicted octanol–water partition coefficient (Wildman–Crippen LogP) is 3.94. The minimum atomic E-state index is -0.336. The number of aromatic nitrogens is 2. The highest BCUT2D eigenvalue weighted by molar-refractivity contribution is 6.04. The Bertz CT molecular complexity index is 1330. The fourth-order valence-corrected chi connectivity index (χ4v) is 4.44. The van der Waals surface area contributed by atoms with Gasteiger partial charge in [0.05, 0.1) is 16.8 Å². The average molecular weight is 409 g/mol. The molecule has 1 amide bonds. The second-order valence-electron chi connectivity index (χ2n) is 7.95. The van der Waals surface area contributed by atoms with Crippen molar-refractivity contribution in [2.24, 2.45) is 0 Å². The summed E-state index contributed by atoms with van der Waals surface area (Å²) in [6.45, 7) is 0.522. The van der Waals surface area contributed by atoms with Crippen molar-refractivity contribution < 1.29 is 4.79 Å². The molecule has 2 heterocycles. The van der Waals surface area contributed by atoms with Gasteiger partial charge in [0.25, 0.3) is 5.56 Å². The molecule has 0 saturated carbocycles. The summed E-state index contributed by atoms with van der Waals surface area (Å²) < 4.78 is 1.75. The predicted molar refractivity (Wildman–Crippen MR) is 122 cm³/mol. The Morgan fingerprint density at radius 1 is 0.871 bits per heavy atom. The SMILES string of the molecule is CN1C(=O)C(Cc2nc3ccccc3c(=O)n2CCc2ccccc2)c2ccccc21. The maximum atomic E-state index is 13.4. The fraction of sp³-hybridized carbons (Fsp3) is 0.192. The highest BCUT2D eigenvalue weighted by Crippen LogP contribution is 2.37. The molecule has 1 unspecified atom stereocenters. The average Bonchev–Trinajstić information content (AvgIpc) is 3.04. The Morgan fingerprint density at radius 3 is 2.42 bits per heavy atom. The summed E-state index contributed by atoms with van der Waals surface area (Å²) in [6, 6.07) is 25.4. The number of para-hydroxylation sites is 2. The Kier molecular flexibility index (Phi) is 4.86. The number of anilines is 1. The van der Waals surface area contributed by atoms with Crippen molar-refractivity contribution in [2.75, 3.05) is 11.9 Å². The molecule has 0 radical (unpaired) electrons. The zero-order chi connectivity index (χ0) is 21.4. The molecule has 0 saturated heterocycles. The van der Waals surface area contributed by atoms with Crippen LogP contribution in [0.2, 0.25) is 0 Å². The summed E-state index contributed by atoms with van der Waals surface area (Å²) in [7, 11) is 1.80. The van der Waals surface area contributed by atoms with E-state index in [0.717, 1.165) is 23.2 Å². The third-order valence-electron chi connectivity index (χ3n) is 6.10. The number of fused-ring (bicyclic) bond motifs is 2. The fourth-order valence-electron chi connectivity index (χ4n) is 4.44. The highest BCUT2D eigenvalue weighted by Gasteiger charge is 2.35. The molecule has 4 aromatic rings. The van der Waals surface area contributed by atoms with Gasteiger partial charge in [0.1, 0.15) is 5.82 Å². The topological polar surface area (TPSA) is 55.2 Å². The first-order valence-corrected chi connectivity index (χ1v) is 10.5. The lowest BCUT2D eigenvalue weighted by Gasteiger charge is -2.16. The lowest BCUT2D eigenvalue weighted by molar-refractivity contribution is -0.119. The van der Waals surface area contributed by atoms with Crippen LogP contribution in [0.25, 0.3) is 10.9 Å². The van der Waals surface area contributed by atoms with Gasteiger partial charge in [0, 0.05) is 25.7 Å². The molecule has 1 aliphatic rings. The quantitative estimate of drug-likeness (QED) is 0.502. The van der Waals surface area contributed by atoms with E-state index in [-0.39, 0.29) is 17.4 Å². The molecule has 1 aromatic heterocycles. The maximum absolute atomic E-state index is 13.4. The summed E-state index contributed by atoms with van der Waals surface area (Å²) in [5, 5.41) is 0.606. The number of hydrogen-bond donors (Lipinski definition) is 0. The van der Waals surface area contributed by atoms with Gasteiger partial charge in [-0.25, -0.2) is 4.98 Å².